The van der Waals surface area contributed by atoms with E-state index in [1.54, 1.807) is 0 Å². The summed E-state index contributed by atoms with van der Waals surface area (Å²) in [5.74, 6) is -0.857. The lowest BCUT2D eigenvalue weighted by molar-refractivity contribution is -0.137. The summed E-state index contributed by atoms with van der Waals surface area (Å²) in [6.07, 6.45) is -0.729. The number of allylic oxidation sites excluding steroid dienone is 1. The van der Waals surface area contributed by atoms with Crippen molar-refractivity contribution >= 4 is 34.9 Å². The molecule has 2 aromatic rings. The molecule has 1 aliphatic heterocycles. The monoisotopic (exact) mass is 617 g/mol. The number of ether oxygens (including phenoxy) is 2. The predicted octanol–water partition coefficient (Wildman–Crippen LogP) is 4.12. The van der Waals surface area contributed by atoms with Crippen molar-refractivity contribution in [1.82, 2.24) is 20.2 Å². The Balaban J connectivity index is 1.92. The van der Waals surface area contributed by atoms with Crippen molar-refractivity contribution in [3.05, 3.63) is 65.8 Å². The lowest BCUT2D eigenvalue weighted by Gasteiger charge is -2.26. The molecule has 1 fully saturated rings. The zero-order valence-electron chi connectivity index (χ0n) is 25.1. The Morgan fingerprint density at radius 2 is 1.98 bits per heavy atom. The van der Waals surface area contributed by atoms with Crippen LogP contribution in [0.25, 0.3) is 0 Å². The molecule has 0 aliphatic carbocycles. The number of carbonyl (C=O) groups excluding carboxylic acids is 1. The molecule has 12 nitrogen and oxygen atoms in total. The minimum Gasteiger partial charge on any atom is -0.500 e. The topological polar surface area (TPSA) is 163 Å². The van der Waals surface area contributed by atoms with E-state index < -0.39 is 28.7 Å². The predicted molar refractivity (Wildman–Crippen MR) is 163 cm³/mol. The molecule has 0 radical (unpaired) electrons. The number of anilines is 2. The maximum atomic E-state index is 14.0. The molecule has 0 bridgehead atoms. The summed E-state index contributed by atoms with van der Waals surface area (Å²) in [6, 6.07) is 2.68. The molecule has 238 valence electrons. The quantitative estimate of drug-likeness (QED) is 0.142. The van der Waals surface area contributed by atoms with Crippen LogP contribution in [0.2, 0.25) is 0 Å². The minimum atomic E-state index is -4.80. The van der Waals surface area contributed by atoms with Gasteiger partial charge >= 0.3 is 6.18 Å². The number of morpholine rings is 1. The Morgan fingerprint density at radius 1 is 1.27 bits per heavy atom. The van der Waals surface area contributed by atoms with Crippen LogP contribution in [0.15, 0.2) is 54.0 Å². The maximum absolute atomic E-state index is 14.0. The standard InChI is InChI=1S/C29H38F3N9O3/c1-6-35-21-17-37-27(36-9-10-41-11-13-44-14-12-41)40-24(21)25(34)38-20-15-18(7-8-19(20)29(30,31)32)26(42)39-23(33)16-22(43-5)28(2,3)4/h6-8,15-17,35H,1,9-14H2,2-5H3,(H2,34,38)(H2,33,39,42)(H,36,37,40)/b22-16-. The summed E-state index contributed by atoms with van der Waals surface area (Å²) < 4.78 is 52.5. The van der Waals surface area contributed by atoms with Gasteiger partial charge in [0.05, 0.1) is 43.5 Å². The van der Waals surface area contributed by atoms with Crippen LogP contribution < -0.4 is 21.7 Å². The van der Waals surface area contributed by atoms with Gasteiger partial charge in [0.15, 0.2) is 5.84 Å². The van der Waals surface area contributed by atoms with E-state index in [1.165, 1.54) is 25.6 Å². The van der Waals surface area contributed by atoms with Gasteiger partial charge in [-0.25, -0.2) is 15.0 Å². The van der Waals surface area contributed by atoms with Gasteiger partial charge in [-0.1, -0.05) is 27.4 Å². The zero-order valence-corrected chi connectivity index (χ0v) is 25.1. The number of methoxy groups -OCH3 is 1. The Labute approximate surface area is 254 Å². The first-order valence-electron chi connectivity index (χ1n) is 13.7. The molecule has 15 heteroatoms. The number of hydrogen-bond acceptors (Lipinski definition) is 10. The summed E-state index contributed by atoms with van der Waals surface area (Å²) in [7, 11) is 1.44. The first-order valence-corrected chi connectivity index (χ1v) is 13.7. The molecule has 0 unspecified atom stereocenters. The van der Waals surface area contributed by atoms with Crippen molar-refractivity contribution in [2.24, 2.45) is 16.1 Å². The molecule has 0 saturated carbocycles. The average Bonchev–Trinajstić information content (AvgIpc) is 2.96. The van der Waals surface area contributed by atoms with E-state index in [0.717, 1.165) is 31.3 Å². The van der Waals surface area contributed by atoms with Gasteiger partial charge in [-0.05, 0) is 24.4 Å². The molecular formula is C29H38F3N9O3. The van der Waals surface area contributed by atoms with Crippen molar-refractivity contribution in [1.29, 1.82) is 5.41 Å². The number of aromatic nitrogens is 2. The fraction of sp³-hybridized carbons (Fsp3) is 0.414. The Hall–Kier alpha value is -4.50. The highest BCUT2D eigenvalue weighted by molar-refractivity contribution is 6.09. The average molecular weight is 618 g/mol. The molecule has 1 aromatic carbocycles. The Morgan fingerprint density at radius 3 is 2.59 bits per heavy atom. The van der Waals surface area contributed by atoms with Crippen LogP contribution in [0.3, 0.4) is 0 Å². The van der Waals surface area contributed by atoms with E-state index in [4.69, 9.17) is 20.6 Å². The van der Waals surface area contributed by atoms with Crippen molar-refractivity contribution < 1.29 is 27.4 Å². The second-order valence-corrected chi connectivity index (χ2v) is 10.7. The number of rotatable bonds is 11. The van der Waals surface area contributed by atoms with E-state index in [1.807, 2.05) is 20.8 Å². The first kappa shape index (κ1) is 34.0. The summed E-state index contributed by atoms with van der Waals surface area (Å²) in [4.78, 5) is 27.8. The fourth-order valence-corrected chi connectivity index (χ4v) is 4.16. The number of halogens is 3. The van der Waals surface area contributed by atoms with Gasteiger partial charge in [0, 0.05) is 43.2 Å². The molecule has 0 atom stereocenters. The van der Waals surface area contributed by atoms with Crippen molar-refractivity contribution in [3.63, 3.8) is 0 Å². The largest absolute Gasteiger partial charge is 0.500 e. The molecule has 0 spiro atoms. The smallest absolute Gasteiger partial charge is 0.418 e. The highest BCUT2D eigenvalue weighted by Gasteiger charge is 2.34. The second-order valence-electron chi connectivity index (χ2n) is 10.7. The number of benzene rings is 1. The first-order chi connectivity index (χ1) is 20.7. The van der Waals surface area contributed by atoms with Crippen molar-refractivity contribution in [2.45, 2.75) is 26.9 Å². The van der Waals surface area contributed by atoms with Gasteiger partial charge in [0.2, 0.25) is 5.95 Å². The maximum Gasteiger partial charge on any atom is 0.418 e. The summed E-state index contributed by atoms with van der Waals surface area (Å²) >= 11 is 0. The number of nitrogens with zero attached hydrogens (tertiary/aromatic N) is 4. The molecule has 1 aliphatic rings. The van der Waals surface area contributed by atoms with Crippen LogP contribution in [0, 0.1) is 10.8 Å². The van der Waals surface area contributed by atoms with Crippen LogP contribution in [-0.4, -0.2) is 78.9 Å². The molecule has 1 amide bonds. The molecule has 1 aromatic heterocycles. The number of carbonyl (C=O) groups is 1. The van der Waals surface area contributed by atoms with E-state index in [0.29, 0.717) is 32.1 Å². The van der Waals surface area contributed by atoms with E-state index >= 15 is 0 Å². The molecular weight excluding hydrogens is 579 g/mol. The molecule has 2 heterocycles. The highest BCUT2D eigenvalue weighted by Crippen LogP contribution is 2.37. The van der Waals surface area contributed by atoms with Gasteiger partial charge in [-0.3, -0.25) is 15.1 Å². The minimum absolute atomic E-state index is 0.0259. The van der Waals surface area contributed by atoms with Crippen LogP contribution in [-0.2, 0) is 15.7 Å². The number of hydrogen-bond donors (Lipinski definition) is 5. The van der Waals surface area contributed by atoms with Gasteiger partial charge in [0.25, 0.3) is 5.91 Å². The number of amides is 1. The van der Waals surface area contributed by atoms with E-state index in [2.05, 4.69) is 42.4 Å². The zero-order chi connectivity index (χ0) is 32.5. The normalized spacial score (nSPS) is 15.0. The highest BCUT2D eigenvalue weighted by atomic mass is 19.4. The van der Waals surface area contributed by atoms with Crippen LogP contribution in [0.5, 0.6) is 0 Å². The number of amidine groups is 2. The summed E-state index contributed by atoms with van der Waals surface area (Å²) in [5.41, 5.74) is 4.16. The Kier molecular flexibility index (Phi) is 11.4. The number of alkyl halides is 3. The van der Waals surface area contributed by atoms with Crippen molar-refractivity contribution in [3.8, 4) is 0 Å². The number of aliphatic imine (C=N–C) groups is 1. The number of nitrogens with two attached hydrogens (primary N) is 1. The van der Waals surface area contributed by atoms with E-state index in [-0.39, 0.29) is 34.6 Å². The fourth-order valence-electron chi connectivity index (χ4n) is 4.16. The lowest BCUT2D eigenvalue weighted by atomic mass is 9.93. The van der Waals surface area contributed by atoms with Crippen LogP contribution in [0.1, 0.15) is 42.4 Å². The molecule has 1 saturated heterocycles. The Bertz CT molecular complexity index is 1410. The molecule has 6 N–H and O–H groups in total. The van der Waals surface area contributed by atoms with Crippen LogP contribution >= 0.6 is 0 Å². The second kappa shape index (κ2) is 14.8. The molecule has 3 rings (SSSR count). The number of nitrogens with one attached hydrogen (secondary N) is 4. The van der Waals surface area contributed by atoms with Crippen molar-refractivity contribution in [2.75, 3.05) is 57.1 Å². The van der Waals surface area contributed by atoms with Crippen LogP contribution in [0.4, 0.5) is 30.5 Å². The van der Waals surface area contributed by atoms with Gasteiger partial charge in [-0.15, -0.1) is 0 Å². The summed E-state index contributed by atoms with van der Waals surface area (Å²) in [6.45, 7) is 13.3. The SMILES string of the molecule is C=CNc1cnc(NCCN2CCOCC2)nc1C(N)=Nc1cc(C(=O)NC(=N)/C=C(\OC)C(C)(C)C)ccc1C(F)(F)F. The van der Waals surface area contributed by atoms with E-state index in [9.17, 15) is 18.0 Å². The third kappa shape index (κ3) is 9.50. The molecule has 44 heavy (non-hydrogen) atoms. The van der Waals surface area contributed by atoms with Gasteiger partial charge < -0.3 is 31.2 Å². The van der Waals surface area contributed by atoms with Gasteiger partial charge in [-0.2, -0.15) is 13.2 Å². The third-order valence-corrected chi connectivity index (χ3v) is 6.39. The third-order valence-electron chi connectivity index (χ3n) is 6.39. The summed E-state index contributed by atoms with van der Waals surface area (Å²) in [5, 5.41) is 16.4. The lowest BCUT2D eigenvalue weighted by Crippen LogP contribution is -2.39. The van der Waals surface area contributed by atoms with Gasteiger partial charge in [0.1, 0.15) is 17.3 Å².